The maximum Gasteiger partial charge on any atom is 0.222 e. The van der Waals surface area contributed by atoms with Gasteiger partial charge in [-0.1, -0.05) is 43.3 Å². The van der Waals surface area contributed by atoms with Gasteiger partial charge in [0, 0.05) is 19.0 Å². The van der Waals surface area contributed by atoms with Crippen molar-refractivity contribution in [2.45, 2.75) is 51.1 Å². The molecule has 0 bridgehead atoms. The molecule has 1 aliphatic rings. The first-order valence-corrected chi connectivity index (χ1v) is 12.7. The van der Waals surface area contributed by atoms with Gasteiger partial charge in [-0.25, -0.2) is 13.1 Å². The van der Waals surface area contributed by atoms with Gasteiger partial charge in [0.1, 0.15) is 5.75 Å². The van der Waals surface area contributed by atoms with Crippen LogP contribution >= 0.6 is 0 Å². The zero-order valence-corrected chi connectivity index (χ0v) is 19.3. The summed E-state index contributed by atoms with van der Waals surface area (Å²) < 4.78 is 32.1. The summed E-state index contributed by atoms with van der Waals surface area (Å²) in [6, 6.07) is 15.6. The van der Waals surface area contributed by atoms with E-state index in [1.807, 2.05) is 54.3 Å². The number of nitrogens with one attached hydrogen (secondary N) is 1. The minimum atomic E-state index is -3.37. The van der Waals surface area contributed by atoms with Gasteiger partial charge in [-0.05, 0) is 54.5 Å². The van der Waals surface area contributed by atoms with E-state index in [4.69, 9.17) is 4.74 Å². The molecule has 1 heterocycles. The molecule has 2 aromatic carbocycles. The van der Waals surface area contributed by atoms with Gasteiger partial charge >= 0.3 is 0 Å². The highest BCUT2D eigenvalue weighted by Crippen LogP contribution is 2.27. The fourth-order valence-corrected chi connectivity index (χ4v) is 5.14. The number of sulfonamides is 1. The standard InChI is InChI=1S/C24H32N2O4S/c1-4-8-24(27)26-14-7-13-22(25-31(3,28)29)23(26)16-18-9-5-10-19(15-18)20-11-6-12-21(17-20)30-2/h5-6,9-12,15,17,22-23,25H,4,7-8,13-14,16H2,1-3H3. The Labute approximate surface area is 185 Å². The fraction of sp³-hybridized carbons (Fsp3) is 0.458. The van der Waals surface area contributed by atoms with E-state index < -0.39 is 10.0 Å². The van der Waals surface area contributed by atoms with E-state index in [2.05, 4.69) is 10.8 Å². The van der Waals surface area contributed by atoms with Crippen LogP contribution in [0.15, 0.2) is 48.5 Å². The molecule has 0 saturated carbocycles. The zero-order chi connectivity index (χ0) is 22.4. The molecule has 1 saturated heterocycles. The summed E-state index contributed by atoms with van der Waals surface area (Å²) in [7, 11) is -1.72. The van der Waals surface area contributed by atoms with Crippen LogP contribution in [0.25, 0.3) is 11.1 Å². The topological polar surface area (TPSA) is 75.7 Å². The fourth-order valence-electron chi connectivity index (χ4n) is 4.31. The second-order valence-corrected chi connectivity index (χ2v) is 9.96. The Morgan fingerprint density at radius 2 is 1.87 bits per heavy atom. The highest BCUT2D eigenvalue weighted by molar-refractivity contribution is 7.88. The lowest BCUT2D eigenvalue weighted by Crippen LogP contribution is -2.57. The molecule has 2 unspecified atom stereocenters. The van der Waals surface area contributed by atoms with Gasteiger partial charge in [0.05, 0.1) is 19.4 Å². The van der Waals surface area contributed by atoms with E-state index in [0.717, 1.165) is 41.7 Å². The van der Waals surface area contributed by atoms with Crippen molar-refractivity contribution >= 4 is 15.9 Å². The number of benzene rings is 2. The van der Waals surface area contributed by atoms with Crippen molar-refractivity contribution < 1.29 is 17.9 Å². The van der Waals surface area contributed by atoms with E-state index in [-0.39, 0.29) is 18.0 Å². The lowest BCUT2D eigenvalue weighted by molar-refractivity contribution is -0.135. The molecule has 7 heteroatoms. The monoisotopic (exact) mass is 444 g/mol. The average Bonchev–Trinajstić information content (AvgIpc) is 2.74. The Bertz CT molecular complexity index is 1010. The lowest BCUT2D eigenvalue weighted by Gasteiger charge is -2.41. The number of hydrogen-bond donors (Lipinski definition) is 1. The molecule has 1 aliphatic heterocycles. The largest absolute Gasteiger partial charge is 0.497 e. The van der Waals surface area contributed by atoms with Crippen LogP contribution in [0.4, 0.5) is 0 Å². The van der Waals surface area contributed by atoms with Gasteiger partial charge in [0.2, 0.25) is 15.9 Å². The van der Waals surface area contributed by atoms with Crippen LogP contribution in [0.3, 0.4) is 0 Å². The molecule has 168 valence electrons. The molecule has 1 fully saturated rings. The first-order chi connectivity index (χ1) is 14.8. The summed E-state index contributed by atoms with van der Waals surface area (Å²) in [6.07, 6.45) is 4.55. The molecular weight excluding hydrogens is 412 g/mol. The number of carbonyl (C=O) groups excluding carboxylic acids is 1. The minimum absolute atomic E-state index is 0.0939. The van der Waals surface area contributed by atoms with Crippen LogP contribution in [0.5, 0.6) is 5.75 Å². The number of carbonyl (C=O) groups is 1. The van der Waals surface area contributed by atoms with Crippen LogP contribution in [0, 0.1) is 0 Å². The molecule has 0 radical (unpaired) electrons. The number of rotatable bonds is 8. The predicted molar refractivity (Wildman–Crippen MR) is 124 cm³/mol. The van der Waals surface area contributed by atoms with E-state index in [1.54, 1.807) is 7.11 Å². The highest BCUT2D eigenvalue weighted by atomic mass is 32.2. The van der Waals surface area contributed by atoms with Gasteiger partial charge in [0.25, 0.3) is 0 Å². The van der Waals surface area contributed by atoms with Crippen LogP contribution in [0.1, 0.15) is 38.2 Å². The third kappa shape index (κ3) is 6.31. The van der Waals surface area contributed by atoms with Crippen molar-refractivity contribution in [1.29, 1.82) is 0 Å². The highest BCUT2D eigenvalue weighted by Gasteiger charge is 2.35. The van der Waals surface area contributed by atoms with Crippen molar-refractivity contribution in [3.8, 4) is 16.9 Å². The molecular formula is C24H32N2O4S. The molecule has 3 rings (SSSR count). The molecule has 31 heavy (non-hydrogen) atoms. The van der Waals surface area contributed by atoms with E-state index >= 15 is 0 Å². The molecule has 6 nitrogen and oxygen atoms in total. The lowest BCUT2D eigenvalue weighted by atomic mass is 9.90. The second kappa shape index (κ2) is 10.3. The number of likely N-dealkylation sites (tertiary alicyclic amines) is 1. The average molecular weight is 445 g/mol. The van der Waals surface area contributed by atoms with E-state index in [9.17, 15) is 13.2 Å². The Morgan fingerprint density at radius 1 is 1.16 bits per heavy atom. The number of ether oxygens (including phenoxy) is 1. The van der Waals surface area contributed by atoms with Gasteiger partial charge < -0.3 is 9.64 Å². The van der Waals surface area contributed by atoms with Crippen molar-refractivity contribution in [1.82, 2.24) is 9.62 Å². The molecule has 0 aliphatic carbocycles. The van der Waals surface area contributed by atoms with Gasteiger partial charge in [-0.2, -0.15) is 0 Å². The third-order valence-electron chi connectivity index (χ3n) is 5.70. The summed E-state index contributed by atoms with van der Waals surface area (Å²) in [5.41, 5.74) is 3.18. The summed E-state index contributed by atoms with van der Waals surface area (Å²) >= 11 is 0. The summed E-state index contributed by atoms with van der Waals surface area (Å²) in [4.78, 5) is 14.7. The number of hydrogen-bond acceptors (Lipinski definition) is 4. The summed E-state index contributed by atoms with van der Waals surface area (Å²) in [5.74, 6) is 0.889. The molecule has 0 aromatic heterocycles. The van der Waals surface area contributed by atoms with Crippen molar-refractivity contribution in [2.75, 3.05) is 19.9 Å². The van der Waals surface area contributed by atoms with Crippen molar-refractivity contribution in [3.05, 3.63) is 54.1 Å². The molecule has 1 amide bonds. The number of piperidine rings is 1. The SMILES string of the molecule is CCCC(=O)N1CCCC(NS(C)(=O)=O)C1Cc1cccc(-c2cccc(OC)c2)c1. The maximum absolute atomic E-state index is 12.8. The normalized spacial score (nSPS) is 19.3. The smallest absolute Gasteiger partial charge is 0.222 e. The van der Waals surface area contributed by atoms with Gasteiger partial charge in [0.15, 0.2) is 0 Å². The van der Waals surface area contributed by atoms with E-state index in [0.29, 0.717) is 19.4 Å². The maximum atomic E-state index is 12.8. The quantitative estimate of drug-likeness (QED) is 0.675. The van der Waals surface area contributed by atoms with E-state index in [1.165, 1.54) is 6.26 Å². The Balaban J connectivity index is 1.90. The summed E-state index contributed by atoms with van der Waals surface area (Å²) in [5, 5.41) is 0. The minimum Gasteiger partial charge on any atom is -0.497 e. The van der Waals surface area contributed by atoms with Crippen molar-refractivity contribution in [3.63, 3.8) is 0 Å². The predicted octanol–water partition coefficient (Wildman–Crippen LogP) is 3.61. The number of methoxy groups -OCH3 is 1. The number of amides is 1. The van der Waals surface area contributed by atoms with Crippen LogP contribution in [-0.2, 0) is 21.2 Å². The molecule has 1 N–H and O–H groups in total. The van der Waals surface area contributed by atoms with Crippen LogP contribution in [0.2, 0.25) is 0 Å². The van der Waals surface area contributed by atoms with Crippen LogP contribution < -0.4 is 9.46 Å². The number of nitrogens with zero attached hydrogens (tertiary/aromatic N) is 1. The Kier molecular flexibility index (Phi) is 7.73. The Morgan fingerprint density at radius 3 is 2.55 bits per heavy atom. The second-order valence-electron chi connectivity index (χ2n) is 8.18. The van der Waals surface area contributed by atoms with Crippen LogP contribution in [-0.4, -0.2) is 51.2 Å². The first-order valence-electron chi connectivity index (χ1n) is 10.8. The Hall–Kier alpha value is -2.38. The van der Waals surface area contributed by atoms with Gasteiger partial charge in [-0.3, -0.25) is 4.79 Å². The first kappa shape index (κ1) is 23.3. The van der Waals surface area contributed by atoms with Gasteiger partial charge in [-0.15, -0.1) is 0 Å². The molecule has 0 spiro atoms. The molecule has 2 aromatic rings. The van der Waals surface area contributed by atoms with Crippen molar-refractivity contribution in [2.24, 2.45) is 0 Å². The molecule has 2 atom stereocenters. The summed E-state index contributed by atoms with van der Waals surface area (Å²) in [6.45, 7) is 2.65. The zero-order valence-electron chi connectivity index (χ0n) is 18.5. The third-order valence-corrected chi connectivity index (χ3v) is 6.43.